The minimum Gasteiger partial charge on any atom is -0.480 e. The molecule has 0 amide bonds. The fourth-order valence-electron chi connectivity index (χ4n) is 2.14. The van der Waals surface area contributed by atoms with Crippen LogP contribution in [0.1, 0.15) is 51.4 Å². The van der Waals surface area contributed by atoms with Gasteiger partial charge in [-0.1, -0.05) is 18.6 Å². The number of hydrogen-bond acceptors (Lipinski definition) is 4. The number of carbonyl (C=O) groups is 1. The molecule has 0 aliphatic rings. The van der Waals surface area contributed by atoms with Crippen LogP contribution in [0.3, 0.4) is 0 Å². The highest BCUT2D eigenvalue weighted by atomic mass is 19.4. The molecule has 0 rings (SSSR count). The molecule has 0 aromatic heterocycles. The molecule has 0 saturated heterocycles. The van der Waals surface area contributed by atoms with E-state index in [0.29, 0.717) is 12.8 Å². The Bertz CT molecular complexity index is 517. The summed E-state index contributed by atoms with van der Waals surface area (Å²) >= 11 is 0. The van der Waals surface area contributed by atoms with Crippen molar-refractivity contribution in [2.75, 3.05) is 0 Å². The summed E-state index contributed by atoms with van der Waals surface area (Å²) in [4.78, 5) is 11.0. The van der Waals surface area contributed by atoms with Crippen molar-refractivity contribution in [3.8, 4) is 6.07 Å². The van der Waals surface area contributed by atoms with Crippen LogP contribution in [-0.2, 0) is 4.79 Å². The number of rotatable bonds is 12. The number of hydrogen-bond donors (Lipinski definition) is 3. The monoisotopic (exact) mass is 386 g/mol. The smallest absolute Gasteiger partial charge is 0.453 e. The number of carboxylic acids is 1. The van der Waals surface area contributed by atoms with Gasteiger partial charge in [0, 0.05) is 6.42 Å². The molecule has 4 N–H and O–H groups in total. The normalized spacial score (nSPS) is 16.2. The van der Waals surface area contributed by atoms with Crippen molar-refractivity contribution in [2.45, 2.75) is 75.1 Å². The predicted molar refractivity (Wildman–Crippen MR) is 83.3 cm³/mol. The molecule has 0 aromatic rings. The van der Waals surface area contributed by atoms with Gasteiger partial charge in [0.25, 0.3) is 0 Å². The highest BCUT2D eigenvalue weighted by Gasteiger charge is 2.56. The molecular formula is C16H23F5N2O3. The maximum absolute atomic E-state index is 12.7. The highest BCUT2D eigenvalue weighted by molar-refractivity contribution is 5.79. The molecule has 2 atom stereocenters. The predicted octanol–water partition coefficient (Wildman–Crippen LogP) is 3.53. The lowest BCUT2D eigenvalue weighted by Gasteiger charge is -2.27. The molecule has 0 heterocycles. The number of aliphatic hydroxyl groups is 1. The highest BCUT2D eigenvalue weighted by Crippen LogP contribution is 2.39. The van der Waals surface area contributed by atoms with Crippen LogP contribution < -0.4 is 5.73 Å². The molecule has 0 fully saturated rings. The van der Waals surface area contributed by atoms with E-state index < -0.39 is 42.6 Å². The van der Waals surface area contributed by atoms with Crippen LogP contribution in [0.25, 0.3) is 0 Å². The van der Waals surface area contributed by atoms with Crippen LogP contribution in [-0.4, -0.2) is 39.9 Å². The van der Waals surface area contributed by atoms with Crippen molar-refractivity contribution < 1.29 is 37.0 Å². The van der Waals surface area contributed by atoms with Gasteiger partial charge >= 0.3 is 18.1 Å². The first kappa shape index (κ1) is 24.3. The third-order valence-corrected chi connectivity index (χ3v) is 3.91. The Kier molecular flexibility index (Phi) is 9.73. The molecule has 0 spiro atoms. The topological polar surface area (TPSA) is 107 Å². The van der Waals surface area contributed by atoms with E-state index in [1.54, 1.807) is 18.2 Å². The minimum absolute atomic E-state index is 0.0127. The van der Waals surface area contributed by atoms with E-state index >= 15 is 0 Å². The zero-order valence-corrected chi connectivity index (χ0v) is 14.1. The van der Waals surface area contributed by atoms with E-state index in [4.69, 9.17) is 16.1 Å². The first-order valence-electron chi connectivity index (χ1n) is 8.05. The van der Waals surface area contributed by atoms with Crippen LogP contribution in [0.2, 0.25) is 0 Å². The van der Waals surface area contributed by atoms with Crippen molar-refractivity contribution in [2.24, 2.45) is 5.73 Å². The summed E-state index contributed by atoms with van der Waals surface area (Å²) in [6, 6.07) is 1.61. The Labute approximate surface area is 148 Å². The van der Waals surface area contributed by atoms with E-state index in [0.717, 1.165) is 0 Å². The van der Waals surface area contributed by atoms with Gasteiger partial charge in [-0.3, -0.25) is 4.79 Å². The van der Waals surface area contributed by atoms with Crippen LogP contribution in [0, 0.1) is 11.3 Å². The maximum atomic E-state index is 12.7. The fraction of sp³-hybridized carbons (Fsp3) is 0.750. The average molecular weight is 386 g/mol. The summed E-state index contributed by atoms with van der Waals surface area (Å²) in [7, 11) is 0. The van der Waals surface area contributed by atoms with Crippen molar-refractivity contribution >= 4 is 5.97 Å². The Morgan fingerprint density at radius 1 is 1.12 bits per heavy atom. The van der Waals surface area contributed by atoms with Gasteiger partial charge in [-0.2, -0.15) is 27.2 Å². The third-order valence-electron chi connectivity index (χ3n) is 3.91. The van der Waals surface area contributed by atoms with Gasteiger partial charge in [-0.25, -0.2) is 0 Å². The second kappa shape index (κ2) is 10.4. The number of alkyl halides is 5. The summed E-state index contributed by atoms with van der Waals surface area (Å²) in [6.45, 7) is 0. The lowest BCUT2D eigenvalue weighted by Crippen LogP contribution is -2.57. The van der Waals surface area contributed by atoms with Gasteiger partial charge in [0.2, 0.25) is 0 Å². The number of nitrogens with zero attached hydrogens (tertiary/aromatic N) is 1. The Morgan fingerprint density at radius 2 is 1.69 bits per heavy atom. The number of carboxylic acid groups (broad SMARTS) is 1. The zero-order valence-electron chi connectivity index (χ0n) is 14.1. The average Bonchev–Trinajstić information content (AvgIpc) is 2.51. The van der Waals surface area contributed by atoms with Gasteiger partial charge in [-0.05, 0) is 32.1 Å². The van der Waals surface area contributed by atoms with E-state index in [1.807, 2.05) is 0 Å². The number of aliphatic hydroxyl groups excluding tert-OH is 1. The van der Waals surface area contributed by atoms with Gasteiger partial charge in [0.15, 0.2) is 5.54 Å². The molecule has 26 heavy (non-hydrogen) atoms. The number of allylic oxidation sites excluding steroid dienone is 2. The third kappa shape index (κ3) is 7.66. The lowest BCUT2D eigenvalue weighted by molar-refractivity contribution is -0.284. The minimum atomic E-state index is -5.52. The second-order valence-electron chi connectivity index (χ2n) is 6.05. The standard InChI is InChI=1S/C16H23F5N2O3/c17-15(18,16(19,20)21)9-7-5-3-1-2-4-6-8-12(24)14(23,10-11-22)13(25)26/h2,4,12,24H,1,3,5-10,23H2,(H,25,26)/b4-2+. The molecule has 0 aromatic carbocycles. The Balaban J connectivity index is 4.03. The second-order valence-corrected chi connectivity index (χ2v) is 6.05. The molecular weight excluding hydrogens is 363 g/mol. The Hall–Kier alpha value is -1.73. The van der Waals surface area contributed by atoms with E-state index in [9.17, 15) is 31.9 Å². The van der Waals surface area contributed by atoms with Crippen LogP contribution in [0.5, 0.6) is 0 Å². The van der Waals surface area contributed by atoms with Crippen molar-refractivity contribution in [3.05, 3.63) is 12.2 Å². The van der Waals surface area contributed by atoms with Crippen molar-refractivity contribution in [3.63, 3.8) is 0 Å². The molecule has 0 bridgehead atoms. The number of aliphatic carboxylic acids is 1. The lowest BCUT2D eigenvalue weighted by atomic mass is 9.87. The maximum Gasteiger partial charge on any atom is 0.453 e. The number of nitrogens with two attached hydrogens (primary N) is 1. The molecule has 0 aliphatic heterocycles. The quantitative estimate of drug-likeness (QED) is 0.270. The summed E-state index contributed by atoms with van der Waals surface area (Å²) in [5.74, 6) is -6.15. The van der Waals surface area contributed by atoms with Gasteiger partial charge < -0.3 is 15.9 Å². The van der Waals surface area contributed by atoms with Crippen molar-refractivity contribution in [1.29, 1.82) is 5.26 Å². The molecule has 0 radical (unpaired) electrons. The molecule has 0 saturated carbocycles. The van der Waals surface area contributed by atoms with Gasteiger partial charge in [0.05, 0.1) is 18.6 Å². The first-order chi connectivity index (χ1) is 11.9. The number of halogens is 5. The number of unbranched alkanes of at least 4 members (excludes halogenated alkanes) is 3. The SMILES string of the molecule is N#CCC(N)(C(=O)O)C(O)CC/C=C/CCCCCC(F)(F)C(F)(F)F. The van der Waals surface area contributed by atoms with Crippen LogP contribution in [0.4, 0.5) is 22.0 Å². The first-order valence-corrected chi connectivity index (χ1v) is 8.05. The van der Waals surface area contributed by atoms with E-state index in [2.05, 4.69) is 0 Å². The summed E-state index contributed by atoms with van der Waals surface area (Å²) < 4.78 is 61.2. The van der Waals surface area contributed by atoms with Crippen LogP contribution in [0.15, 0.2) is 12.2 Å². The fourth-order valence-corrected chi connectivity index (χ4v) is 2.14. The molecule has 0 aliphatic carbocycles. The molecule has 10 heteroatoms. The van der Waals surface area contributed by atoms with Gasteiger partial charge in [-0.15, -0.1) is 0 Å². The van der Waals surface area contributed by atoms with E-state index in [-0.39, 0.29) is 25.7 Å². The summed E-state index contributed by atoms with van der Waals surface area (Å²) in [5, 5.41) is 27.4. The summed E-state index contributed by atoms with van der Waals surface area (Å²) in [6.07, 6.45) is -4.29. The molecule has 150 valence electrons. The molecule has 2 unspecified atom stereocenters. The zero-order chi connectivity index (χ0) is 20.4. The number of nitriles is 1. The van der Waals surface area contributed by atoms with Crippen LogP contribution >= 0.6 is 0 Å². The van der Waals surface area contributed by atoms with Crippen molar-refractivity contribution in [1.82, 2.24) is 0 Å². The Morgan fingerprint density at radius 3 is 2.19 bits per heavy atom. The largest absolute Gasteiger partial charge is 0.480 e. The molecule has 5 nitrogen and oxygen atoms in total. The summed E-state index contributed by atoms with van der Waals surface area (Å²) in [5.41, 5.74) is 3.47. The van der Waals surface area contributed by atoms with E-state index in [1.165, 1.54) is 0 Å². The van der Waals surface area contributed by atoms with Gasteiger partial charge in [0.1, 0.15) is 0 Å².